The molecule has 0 spiro atoms. The molecule has 3 rings (SSSR count). The zero-order valence-electron chi connectivity index (χ0n) is 9.24. The minimum absolute atomic E-state index is 0.691. The lowest BCUT2D eigenvalue weighted by Gasteiger charge is -2.25. The molecule has 0 atom stereocenters. The summed E-state index contributed by atoms with van der Waals surface area (Å²) in [5.41, 5.74) is 0. The second-order valence-electron chi connectivity index (χ2n) is 4.87. The molecular formula is C11H18N4. The lowest BCUT2D eigenvalue weighted by molar-refractivity contribution is 0.340. The van der Waals surface area contributed by atoms with Crippen LogP contribution in [0.2, 0.25) is 0 Å². The van der Waals surface area contributed by atoms with E-state index in [-0.39, 0.29) is 0 Å². The van der Waals surface area contributed by atoms with Crippen LogP contribution >= 0.6 is 0 Å². The van der Waals surface area contributed by atoms with Crippen LogP contribution < -0.4 is 5.32 Å². The first-order chi connectivity index (χ1) is 7.33. The van der Waals surface area contributed by atoms with Crippen molar-refractivity contribution in [2.45, 2.75) is 31.6 Å². The molecule has 1 aliphatic heterocycles. The van der Waals surface area contributed by atoms with Crippen molar-refractivity contribution >= 4 is 0 Å². The molecule has 1 saturated carbocycles. The third-order valence-electron chi connectivity index (χ3n) is 3.65. The van der Waals surface area contributed by atoms with Crippen LogP contribution in [0.15, 0.2) is 0 Å². The number of aryl methyl sites for hydroxylation is 1. The summed E-state index contributed by atoms with van der Waals surface area (Å²) in [6, 6.07) is 0. The van der Waals surface area contributed by atoms with Crippen LogP contribution in [0.25, 0.3) is 0 Å². The Bertz CT molecular complexity index is 349. The van der Waals surface area contributed by atoms with Gasteiger partial charge in [0.25, 0.3) is 0 Å². The van der Waals surface area contributed by atoms with E-state index in [4.69, 9.17) is 0 Å². The molecule has 1 N–H and O–H groups in total. The van der Waals surface area contributed by atoms with Gasteiger partial charge in [-0.05, 0) is 31.8 Å². The first kappa shape index (κ1) is 9.33. The molecule has 4 nitrogen and oxygen atoms in total. The van der Waals surface area contributed by atoms with Gasteiger partial charge in [-0.3, -0.25) is 4.68 Å². The van der Waals surface area contributed by atoms with E-state index in [2.05, 4.69) is 15.4 Å². The average Bonchev–Trinajstić information content (AvgIpc) is 2.38. The van der Waals surface area contributed by atoms with Crippen LogP contribution in [-0.4, -0.2) is 27.9 Å². The number of hydrogen-bond donors (Lipinski definition) is 1. The van der Waals surface area contributed by atoms with Crippen LogP contribution in [0.3, 0.4) is 0 Å². The fourth-order valence-corrected chi connectivity index (χ4v) is 2.31. The smallest absolute Gasteiger partial charge is 0.151 e. The second kappa shape index (κ2) is 3.59. The lowest BCUT2D eigenvalue weighted by atomic mass is 9.85. The second-order valence-corrected chi connectivity index (χ2v) is 4.87. The summed E-state index contributed by atoms with van der Waals surface area (Å²) >= 11 is 0. The van der Waals surface area contributed by atoms with Crippen LogP contribution in [0.5, 0.6) is 0 Å². The van der Waals surface area contributed by atoms with Crippen LogP contribution in [0, 0.1) is 5.92 Å². The van der Waals surface area contributed by atoms with Crippen molar-refractivity contribution in [2.75, 3.05) is 13.1 Å². The topological polar surface area (TPSA) is 42.7 Å². The molecule has 2 aliphatic rings. The Morgan fingerprint density at radius 3 is 2.73 bits per heavy atom. The van der Waals surface area contributed by atoms with Gasteiger partial charge in [0.15, 0.2) is 5.82 Å². The van der Waals surface area contributed by atoms with Crippen molar-refractivity contribution in [3.8, 4) is 0 Å². The Morgan fingerprint density at radius 2 is 2.20 bits per heavy atom. The number of nitrogens with zero attached hydrogens (tertiary/aromatic N) is 3. The maximum atomic E-state index is 4.68. The monoisotopic (exact) mass is 206 g/mol. The molecule has 0 aromatic carbocycles. The van der Waals surface area contributed by atoms with Gasteiger partial charge < -0.3 is 5.32 Å². The van der Waals surface area contributed by atoms with Gasteiger partial charge in [-0.2, -0.15) is 5.10 Å². The summed E-state index contributed by atoms with van der Waals surface area (Å²) in [6.07, 6.45) is 5.01. The molecule has 0 bridgehead atoms. The Labute approximate surface area is 90.1 Å². The van der Waals surface area contributed by atoms with Crippen molar-refractivity contribution < 1.29 is 0 Å². The van der Waals surface area contributed by atoms with Gasteiger partial charge in [0.05, 0.1) is 0 Å². The summed E-state index contributed by atoms with van der Waals surface area (Å²) in [7, 11) is 2.03. The summed E-state index contributed by atoms with van der Waals surface area (Å²) < 4.78 is 1.99. The average molecular weight is 206 g/mol. The van der Waals surface area contributed by atoms with Gasteiger partial charge in [-0.25, -0.2) is 4.98 Å². The van der Waals surface area contributed by atoms with E-state index in [0.717, 1.165) is 31.3 Å². The molecule has 1 aliphatic carbocycles. The van der Waals surface area contributed by atoms with E-state index in [0.29, 0.717) is 5.92 Å². The number of nitrogens with one attached hydrogen (secondary N) is 1. The Hall–Kier alpha value is -0.900. The van der Waals surface area contributed by atoms with Crippen molar-refractivity contribution in [2.24, 2.45) is 13.0 Å². The molecule has 1 aromatic rings. The number of rotatable bonds is 3. The highest BCUT2D eigenvalue weighted by Gasteiger charge is 2.26. The van der Waals surface area contributed by atoms with E-state index in [1.807, 2.05) is 11.7 Å². The van der Waals surface area contributed by atoms with E-state index >= 15 is 0 Å². The number of aromatic nitrogens is 3. The molecular weight excluding hydrogens is 188 g/mol. The summed E-state index contributed by atoms with van der Waals surface area (Å²) in [5, 5.41) is 7.80. The molecule has 2 heterocycles. The fraction of sp³-hybridized carbons (Fsp3) is 0.818. The molecule has 15 heavy (non-hydrogen) atoms. The Morgan fingerprint density at radius 1 is 1.40 bits per heavy atom. The highest BCUT2D eigenvalue weighted by atomic mass is 15.3. The molecule has 1 aromatic heterocycles. The van der Waals surface area contributed by atoms with Crippen molar-refractivity contribution in [1.29, 1.82) is 0 Å². The quantitative estimate of drug-likeness (QED) is 0.797. The molecule has 2 fully saturated rings. The van der Waals surface area contributed by atoms with Gasteiger partial charge in [-0.15, -0.1) is 0 Å². The predicted octanol–water partition coefficient (Wildman–Crippen LogP) is 0.844. The third-order valence-corrected chi connectivity index (χ3v) is 3.65. The van der Waals surface area contributed by atoms with Crippen molar-refractivity contribution in [1.82, 2.24) is 20.1 Å². The first-order valence-electron chi connectivity index (χ1n) is 5.93. The highest BCUT2D eigenvalue weighted by molar-refractivity contribution is 5.04. The van der Waals surface area contributed by atoms with E-state index < -0.39 is 0 Å². The van der Waals surface area contributed by atoms with Gasteiger partial charge in [0.2, 0.25) is 0 Å². The minimum Gasteiger partial charge on any atom is -0.316 e. The van der Waals surface area contributed by atoms with Crippen molar-refractivity contribution in [3.05, 3.63) is 11.6 Å². The molecule has 82 valence electrons. The maximum absolute atomic E-state index is 4.68. The zero-order valence-corrected chi connectivity index (χ0v) is 9.24. The van der Waals surface area contributed by atoms with Crippen molar-refractivity contribution in [3.63, 3.8) is 0 Å². The normalized spacial score (nSPS) is 22.5. The molecule has 4 heteroatoms. The van der Waals surface area contributed by atoms with Crippen LogP contribution in [0.1, 0.15) is 36.8 Å². The Kier molecular flexibility index (Phi) is 2.24. The Balaban J connectivity index is 1.72. The van der Waals surface area contributed by atoms with Gasteiger partial charge in [0.1, 0.15) is 5.82 Å². The standard InChI is InChI=1S/C11H18N4/c1-15-11(9-3-2-4-9)13-10(14-15)5-8-6-12-7-8/h8-9,12H,2-7H2,1H3. The number of hydrogen-bond acceptors (Lipinski definition) is 3. The SMILES string of the molecule is Cn1nc(CC2CNC2)nc1C1CCC1. The van der Waals surface area contributed by atoms with Crippen LogP contribution in [-0.2, 0) is 13.5 Å². The summed E-state index contributed by atoms with van der Waals surface area (Å²) in [6.45, 7) is 2.27. The zero-order chi connectivity index (χ0) is 10.3. The van der Waals surface area contributed by atoms with Gasteiger partial charge >= 0.3 is 0 Å². The summed E-state index contributed by atoms with van der Waals surface area (Å²) in [4.78, 5) is 4.68. The van der Waals surface area contributed by atoms with E-state index in [9.17, 15) is 0 Å². The third kappa shape index (κ3) is 1.67. The van der Waals surface area contributed by atoms with E-state index in [1.54, 1.807) is 0 Å². The highest BCUT2D eigenvalue weighted by Crippen LogP contribution is 2.35. The first-order valence-corrected chi connectivity index (χ1v) is 5.93. The molecule has 0 unspecified atom stereocenters. The molecule has 0 radical (unpaired) electrons. The largest absolute Gasteiger partial charge is 0.316 e. The van der Waals surface area contributed by atoms with Crippen LogP contribution in [0.4, 0.5) is 0 Å². The minimum atomic E-state index is 0.691. The van der Waals surface area contributed by atoms with Gasteiger partial charge in [0, 0.05) is 19.4 Å². The maximum Gasteiger partial charge on any atom is 0.151 e. The van der Waals surface area contributed by atoms with Gasteiger partial charge in [-0.1, -0.05) is 6.42 Å². The molecule has 0 amide bonds. The lowest BCUT2D eigenvalue weighted by Crippen LogP contribution is -2.43. The van der Waals surface area contributed by atoms with E-state index in [1.165, 1.54) is 25.1 Å². The fourth-order valence-electron chi connectivity index (χ4n) is 2.31. The summed E-state index contributed by atoms with van der Waals surface area (Å²) in [5.74, 6) is 3.71. The molecule has 1 saturated heterocycles. The predicted molar refractivity (Wildman–Crippen MR) is 57.7 cm³/mol.